The minimum absolute atomic E-state index is 0.865. The van der Waals surface area contributed by atoms with Crippen LogP contribution in [0.15, 0.2) is 300 Å². The third-order valence-corrected chi connectivity index (χ3v) is 16.2. The summed E-state index contributed by atoms with van der Waals surface area (Å²) in [5, 5.41) is 13.9. The van der Waals surface area contributed by atoms with Gasteiger partial charge in [-0.05, 0) is 117 Å². The van der Waals surface area contributed by atoms with E-state index in [0.717, 1.165) is 99.8 Å². The molecular formula is C76H48N4O2. The van der Waals surface area contributed by atoms with E-state index in [1.165, 1.54) is 54.6 Å². The molecule has 4 heterocycles. The molecule has 0 radical (unpaired) electrons. The van der Waals surface area contributed by atoms with Crippen molar-refractivity contribution in [3.63, 3.8) is 0 Å². The number of aromatic nitrogens is 2. The molecule has 0 unspecified atom stereocenters. The molecular weight excluding hydrogens is 1000 g/mol. The Morgan fingerprint density at radius 1 is 0.256 bits per heavy atom. The summed E-state index contributed by atoms with van der Waals surface area (Å²) in [6.07, 6.45) is 3.75. The zero-order chi connectivity index (χ0) is 54.1. The predicted molar refractivity (Wildman–Crippen MR) is 342 cm³/mol. The minimum atomic E-state index is 0.865. The van der Waals surface area contributed by atoms with Crippen molar-refractivity contribution in [3.8, 4) is 22.3 Å². The standard InChI is InChI=1S/C52H32N2O2.C24H16N2/c1-3-13-35(14-4-1)53(45-21-11-19-39-37-17-7-9-23-47(37)55-51(39)45)43-31-27-33-26-30-42-44(32-28-34-25-29-41(43)49(33)50(34)42)54(36-15-5-2-6-16-36)46-22-12-20-40-38-18-8-10-24-48(38)56-52(40)46;1-3-7-17(8-4-1)19-13-15-25-23-21(19)11-12-22-20(14-16-26-24(22)23)18-9-5-2-6-10-18/h1-32H;1-16H. The molecule has 0 saturated carbocycles. The quantitative estimate of drug-likeness (QED) is 0.141. The van der Waals surface area contributed by atoms with Gasteiger partial charge >= 0.3 is 0 Å². The van der Waals surface area contributed by atoms with Gasteiger partial charge in [-0.25, -0.2) is 0 Å². The molecule has 13 aromatic carbocycles. The van der Waals surface area contributed by atoms with Crippen molar-refractivity contribution in [2.24, 2.45) is 0 Å². The number of para-hydroxylation sites is 6. The van der Waals surface area contributed by atoms with Crippen LogP contribution < -0.4 is 9.80 Å². The Kier molecular flexibility index (Phi) is 11.1. The summed E-state index contributed by atoms with van der Waals surface area (Å²) in [7, 11) is 0. The fraction of sp³-hybridized carbons (Fsp3) is 0. The third kappa shape index (κ3) is 7.65. The van der Waals surface area contributed by atoms with E-state index >= 15 is 0 Å². The first kappa shape index (κ1) is 47.0. The Hall–Kier alpha value is -11.1. The second kappa shape index (κ2) is 19.4. The summed E-state index contributed by atoms with van der Waals surface area (Å²) in [6.45, 7) is 0. The zero-order valence-electron chi connectivity index (χ0n) is 44.3. The van der Waals surface area contributed by atoms with E-state index in [1.807, 2.05) is 48.8 Å². The van der Waals surface area contributed by atoms with Crippen molar-refractivity contribution >= 4 is 132 Å². The fourth-order valence-corrected chi connectivity index (χ4v) is 12.5. The van der Waals surface area contributed by atoms with Gasteiger partial charge in [0.1, 0.15) is 11.2 Å². The molecule has 0 aliphatic rings. The number of hydrogen-bond acceptors (Lipinski definition) is 6. The molecule has 0 spiro atoms. The topological polar surface area (TPSA) is 58.5 Å². The van der Waals surface area contributed by atoms with Crippen LogP contribution in [0.5, 0.6) is 0 Å². The van der Waals surface area contributed by atoms with Crippen LogP contribution in [0.3, 0.4) is 0 Å². The maximum absolute atomic E-state index is 6.65. The van der Waals surface area contributed by atoms with Gasteiger partial charge < -0.3 is 18.6 Å². The molecule has 6 heteroatoms. The highest BCUT2D eigenvalue weighted by Gasteiger charge is 2.26. The highest BCUT2D eigenvalue weighted by molar-refractivity contribution is 6.29. The fourth-order valence-electron chi connectivity index (χ4n) is 12.5. The van der Waals surface area contributed by atoms with Crippen molar-refractivity contribution in [2.45, 2.75) is 0 Å². The second-order valence-electron chi connectivity index (χ2n) is 20.7. The van der Waals surface area contributed by atoms with E-state index in [2.05, 4.69) is 262 Å². The molecule has 0 aliphatic carbocycles. The lowest BCUT2D eigenvalue weighted by Gasteiger charge is -2.29. The number of fused-ring (bicyclic) bond motifs is 9. The lowest BCUT2D eigenvalue weighted by molar-refractivity contribution is 0.669. The van der Waals surface area contributed by atoms with Crippen LogP contribution in [-0.4, -0.2) is 9.97 Å². The van der Waals surface area contributed by atoms with E-state index in [-0.39, 0.29) is 0 Å². The number of nitrogens with zero attached hydrogens (tertiary/aromatic N) is 4. The normalized spacial score (nSPS) is 11.7. The van der Waals surface area contributed by atoms with E-state index in [0.29, 0.717) is 0 Å². The van der Waals surface area contributed by atoms with Crippen molar-refractivity contribution in [1.82, 2.24) is 9.97 Å². The minimum Gasteiger partial charge on any atom is -0.454 e. The number of benzene rings is 13. The maximum Gasteiger partial charge on any atom is 0.159 e. The molecule has 4 aromatic heterocycles. The number of hydrogen-bond donors (Lipinski definition) is 0. The third-order valence-electron chi connectivity index (χ3n) is 16.2. The smallest absolute Gasteiger partial charge is 0.159 e. The molecule has 0 fully saturated rings. The average Bonchev–Trinajstić information content (AvgIpc) is 4.15. The molecule has 0 atom stereocenters. The van der Waals surface area contributed by atoms with E-state index in [9.17, 15) is 0 Å². The molecule has 0 amide bonds. The predicted octanol–water partition coefficient (Wildman–Crippen LogP) is 21.4. The van der Waals surface area contributed by atoms with E-state index in [1.54, 1.807) is 0 Å². The van der Waals surface area contributed by atoms with Crippen LogP contribution in [-0.2, 0) is 0 Å². The molecule has 82 heavy (non-hydrogen) atoms. The van der Waals surface area contributed by atoms with Crippen LogP contribution in [0.2, 0.25) is 0 Å². The first-order valence-electron chi connectivity index (χ1n) is 27.7. The first-order chi connectivity index (χ1) is 40.7. The summed E-state index contributed by atoms with van der Waals surface area (Å²) in [6, 6.07) is 98.3. The molecule has 6 nitrogen and oxygen atoms in total. The summed E-state index contributed by atoms with van der Waals surface area (Å²) < 4.78 is 13.3. The van der Waals surface area contributed by atoms with Crippen molar-refractivity contribution in [2.75, 3.05) is 9.80 Å². The summed E-state index contributed by atoms with van der Waals surface area (Å²) in [4.78, 5) is 14.0. The Morgan fingerprint density at radius 2 is 0.622 bits per heavy atom. The highest BCUT2D eigenvalue weighted by atomic mass is 16.3. The summed E-state index contributed by atoms with van der Waals surface area (Å²) in [5.74, 6) is 0. The van der Waals surface area contributed by atoms with Crippen molar-refractivity contribution in [3.05, 3.63) is 291 Å². The van der Waals surface area contributed by atoms with Gasteiger partial charge in [0.15, 0.2) is 11.2 Å². The molecule has 384 valence electrons. The van der Waals surface area contributed by atoms with Gasteiger partial charge in [-0.2, -0.15) is 0 Å². The lowest BCUT2D eigenvalue weighted by atomic mass is 9.91. The van der Waals surface area contributed by atoms with Gasteiger partial charge in [-0.1, -0.05) is 206 Å². The van der Waals surface area contributed by atoms with Crippen molar-refractivity contribution < 1.29 is 8.83 Å². The molecule has 0 N–H and O–H groups in total. The van der Waals surface area contributed by atoms with Gasteiger partial charge in [0, 0.05) is 66.9 Å². The average molecular weight is 1050 g/mol. The Morgan fingerprint density at radius 3 is 1.06 bits per heavy atom. The van der Waals surface area contributed by atoms with Crippen LogP contribution >= 0.6 is 0 Å². The van der Waals surface area contributed by atoms with Gasteiger partial charge in [-0.15, -0.1) is 0 Å². The van der Waals surface area contributed by atoms with Gasteiger partial charge in [-0.3, -0.25) is 9.97 Å². The van der Waals surface area contributed by atoms with E-state index < -0.39 is 0 Å². The first-order valence-corrected chi connectivity index (χ1v) is 27.7. The van der Waals surface area contributed by atoms with Gasteiger partial charge in [0.05, 0.1) is 33.8 Å². The maximum atomic E-state index is 6.65. The number of furan rings is 2. The molecule has 17 rings (SSSR count). The zero-order valence-corrected chi connectivity index (χ0v) is 44.3. The van der Waals surface area contributed by atoms with Crippen LogP contribution in [0.25, 0.3) is 120 Å². The Balaban J connectivity index is 0.000000178. The number of pyridine rings is 2. The molecule has 0 bridgehead atoms. The lowest BCUT2D eigenvalue weighted by Crippen LogP contribution is -2.11. The molecule has 0 saturated heterocycles. The monoisotopic (exact) mass is 1050 g/mol. The van der Waals surface area contributed by atoms with Crippen LogP contribution in [0.1, 0.15) is 0 Å². The SMILES string of the molecule is c1ccc(-c2ccnc3c2ccc2c(-c4ccccc4)ccnc23)cc1.c1ccc(N(c2ccc3ccc4c(N(c5ccccc5)c5cccc6c5oc5ccccc56)ccc5ccc2c3c54)c2cccc3c2oc2ccccc23)cc1. The Bertz CT molecular complexity index is 4900. The van der Waals surface area contributed by atoms with Crippen molar-refractivity contribution in [1.29, 1.82) is 0 Å². The summed E-state index contributed by atoms with van der Waals surface area (Å²) >= 11 is 0. The molecule has 17 aromatic rings. The highest BCUT2D eigenvalue weighted by Crippen LogP contribution is 2.50. The number of anilines is 6. The summed E-state index contributed by atoms with van der Waals surface area (Å²) in [5.41, 5.74) is 16.4. The number of rotatable bonds is 8. The van der Waals surface area contributed by atoms with Gasteiger partial charge in [0.25, 0.3) is 0 Å². The van der Waals surface area contributed by atoms with E-state index in [4.69, 9.17) is 8.83 Å². The van der Waals surface area contributed by atoms with Gasteiger partial charge in [0.2, 0.25) is 0 Å². The molecule has 0 aliphatic heterocycles. The second-order valence-corrected chi connectivity index (χ2v) is 20.7. The van der Waals surface area contributed by atoms with Crippen LogP contribution in [0, 0.1) is 0 Å². The Labute approximate surface area is 471 Å². The largest absolute Gasteiger partial charge is 0.454 e. The van der Waals surface area contributed by atoms with Crippen LogP contribution in [0.4, 0.5) is 34.1 Å².